The number of piperazine rings is 1. The van der Waals surface area contributed by atoms with E-state index in [0.717, 1.165) is 0 Å². The van der Waals surface area contributed by atoms with Crippen molar-refractivity contribution < 1.29 is 27.7 Å². The Morgan fingerprint density at radius 3 is 2.72 bits per heavy atom. The van der Waals surface area contributed by atoms with Crippen molar-refractivity contribution in [3.63, 3.8) is 0 Å². The molecule has 0 spiro atoms. The Bertz CT molecular complexity index is 1150. The number of nitriles is 1. The third kappa shape index (κ3) is 4.07. The van der Waals surface area contributed by atoms with Gasteiger partial charge in [-0.2, -0.15) is 10.2 Å². The summed E-state index contributed by atoms with van der Waals surface area (Å²) < 4.78 is 21.3. The maximum Gasteiger partial charge on any atom is 0.344 e. The molecule has 4 rings (SSSR count). The number of esters is 1. The average molecular weight is 439 g/mol. The van der Waals surface area contributed by atoms with Gasteiger partial charge in [-0.05, 0) is 25.5 Å². The van der Waals surface area contributed by atoms with Crippen molar-refractivity contribution in [2.45, 2.75) is 20.3 Å². The highest BCUT2D eigenvalue weighted by Gasteiger charge is 2.28. The van der Waals surface area contributed by atoms with Gasteiger partial charge >= 0.3 is 5.97 Å². The highest BCUT2D eigenvalue weighted by atomic mass is 16.5. The largest absolute Gasteiger partial charge is 0.459 e. The molecule has 0 saturated carbocycles. The molecule has 11 nitrogen and oxygen atoms in total. The van der Waals surface area contributed by atoms with E-state index >= 15 is 0 Å². The molecule has 0 N–H and O–H groups in total. The molecule has 1 amide bonds. The van der Waals surface area contributed by atoms with E-state index in [1.807, 2.05) is 17.9 Å². The number of furan rings is 1. The molecule has 0 unspecified atom stereocenters. The molecule has 1 aliphatic rings. The lowest BCUT2D eigenvalue weighted by Gasteiger charge is -2.34. The molecule has 0 aliphatic carbocycles. The maximum atomic E-state index is 12.5. The Morgan fingerprint density at radius 2 is 2.06 bits per heavy atom. The topological polar surface area (TPSA) is 139 Å². The van der Waals surface area contributed by atoms with Crippen LogP contribution in [0.1, 0.15) is 34.4 Å². The number of hydrogen-bond donors (Lipinski definition) is 0. The Hall–Kier alpha value is -4.07. The number of nitrogens with zero attached hydrogens (tertiary/aromatic N) is 5. The zero-order valence-corrected chi connectivity index (χ0v) is 17.7. The highest BCUT2D eigenvalue weighted by Crippen LogP contribution is 2.29. The number of carbonyl (C=O) groups excluding carboxylic acids is 2. The van der Waals surface area contributed by atoms with E-state index in [2.05, 4.69) is 10.1 Å². The minimum absolute atomic E-state index is 0.154. The van der Waals surface area contributed by atoms with Crippen molar-refractivity contribution >= 4 is 17.8 Å². The minimum Gasteiger partial charge on any atom is -0.459 e. The normalized spacial score (nSPS) is 13.8. The summed E-state index contributed by atoms with van der Waals surface area (Å²) in [4.78, 5) is 32.5. The predicted molar refractivity (Wildman–Crippen MR) is 109 cm³/mol. The van der Waals surface area contributed by atoms with E-state index in [4.69, 9.17) is 18.1 Å². The van der Waals surface area contributed by atoms with Gasteiger partial charge in [-0.25, -0.2) is 4.79 Å². The summed E-state index contributed by atoms with van der Waals surface area (Å²) >= 11 is 0. The maximum absolute atomic E-state index is 12.5. The predicted octanol–water partition coefficient (Wildman–Crippen LogP) is 2.17. The number of rotatable bonds is 6. The number of oxazole rings is 1. The second kappa shape index (κ2) is 8.97. The van der Waals surface area contributed by atoms with E-state index in [0.29, 0.717) is 55.7 Å². The highest BCUT2D eigenvalue weighted by molar-refractivity contribution is 5.93. The number of amides is 1. The Balaban J connectivity index is 1.34. The van der Waals surface area contributed by atoms with Gasteiger partial charge < -0.3 is 27.9 Å². The number of hydrogen-bond acceptors (Lipinski definition) is 10. The van der Waals surface area contributed by atoms with Crippen LogP contribution in [0.4, 0.5) is 5.88 Å². The second-order valence-corrected chi connectivity index (χ2v) is 7.12. The van der Waals surface area contributed by atoms with Gasteiger partial charge in [0.25, 0.3) is 11.8 Å². The summed E-state index contributed by atoms with van der Waals surface area (Å²) in [5, 5.41) is 13.2. The number of ether oxygens (including phenoxy) is 1. The zero-order chi connectivity index (χ0) is 22.7. The molecular formula is C21H21N5O6. The molecule has 0 aromatic carbocycles. The quantitative estimate of drug-likeness (QED) is 0.525. The van der Waals surface area contributed by atoms with E-state index < -0.39 is 5.97 Å². The molecule has 32 heavy (non-hydrogen) atoms. The van der Waals surface area contributed by atoms with Crippen LogP contribution >= 0.6 is 0 Å². The first kappa shape index (κ1) is 21.2. The van der Waals surface area contributed by atoms with Crippen LogP contribution in [-0.2, 0) is 16.0 Å². The number of anilines is 1. The smallest absolute Gasteiger partial charge is 0.344 e. The van der Waals surface area contributed by atoms with Gasteiger partial charge in [-0.3, -0.25) is 4.79 Å². The van der Waals surface area contributed by atoms with Crippen molar-refractivity contribution in [2.75, 3.05) is 37.7 Å². The van der Waals surface area contributed by atoms with E-state index in [9.17, 15) is 14.9 Å². The third-order valence-electron chi connectivity index (χ3n) is 5.17. The summed E-state index contributed by atoms with van der Waals surface area (Å²) in [5.41, 5.74) is 0.926. The summed E-state index contributed by atoms with van der Waals surface area (Å²) in [7, 11) is 0. The fraction of sp³-hybridized carbons (Fsp3) is 0.381. The SMILES string of the molecule is CCc1noc(C)c1C(=O)OCC(=O)N1CCN(c2oc(-c3ccco3)nc2C#N)CC1. The first-order valence-corrected chi connectivity index (χ1v) is 10.1. The molecule has 0 radical (unpaired) electrons. The van der Waals surface area contributed by atoms with Gasteiger partial charge in [0.05, 0.1) is 12.0 Å². The van der Waals surface area contributed by atoms with E-state index in [-0.39, 0.29) is 29.7 Å². The first-order valence-electron chi connectivity index (χ1n) is 10.1. The van der Waals surface area contributed by atoms with Crippen LogP contribution in [0.25, 0.3) is 11.7 Å². The zero-order valence-electron chi connectivity index (χ0n) is 17.7. The van der Waals surface area contributed by atoms with Crippen molar-refractivity contribution in [2.24, 2.45) is 0 Å². The van der Waals surface area contributed by atoms with Gasteiger partial charge in [0, 0.05) is 26.2 Å². The molecule has 1 saturated heterocycles. The lowest BCUT2D eigenvalue weighted by atomic mass is 10.1. The van der Waals surface area contributed by atoms with Crippen LogP contribution in [0.5, 0.6) is 0 Å². The second-order valence-electron chi connectivity index (χ2n) is 7.12. The standard InChI is InChI=1S/C21H21N5O6/c1-3-14-18(13(2)32-24-14)21(28)30-12-17(27)25-6-8-26(9-7-25)20-15(11-22)23-19(31-20)16-5-4-10-29-16/h4-5,10H,3,6-9,12H2,1-2H3. The number of carbonyl (C=O) groups is 2. The molecule has 0 bridgehead atoms. The average Bonchev–Trinajstić information content (AvgIpc) is 3.56. The van der Waals surface area contributed by atoms with Crippen LogP contribution in [-0.4, -0.2) is 59.7 Å². The molecule has 1 aliphatic heterocycles. The van der Waals surface area contributed by atoms with Gasteiger partial charge in [0.15, 0.2) is 12.4 Å². The number of aromatic nitrogens is 2. The van der Waals surface area contributed by atoms with Crippen molar-refractivity contribution in [3.05, 3.63) is 41.1 Å². The molecule has 3 aromatic heterocycles. The van der Waals surface area contributed by atoms with Crippen LogP contribution in [0, 0.1) is 18.3 Å². The van der Waals surface area contributed by atoms with Gasteiger partial charge in [0.1, 0.15) is 17.4 Å². The summed E-state index contributed by atoms with van der Waals surface area (Å²) in [5.74, 6) is 0.424. The monoisotopic (exact) mass is 439 g/mol. The molecule has 166 valence electrons. The van der Waals surface area contributed by atoms with Gasteiger partial charge in [-0.1, -0.05) is 12.1 Å². The van der Waals surface area contributed by atoms with E-state index in [1.165, 1.54) is 6.26 Å². The minimum atomic E-state index is -0.627. The summed E-state index contributed by atoms with van der Waals surface area (Å²) in [6.07, 6.45) is 2.02. The fourth-order valence-electron chi connectivity index (χ4n) is 3.48. The Labute approximate surface area is 183 Å². The van der Waals surface area contributed by atoms with Crippen LogP contribution in [0.3, 0.4) is 0 Å². The van der Waals surface area contributed by atoms with Gasteiger partial charge in [-0.15, -0.1) is 0 Å². The molecule has 1 fully saturated rings. The Kier molecular flexibility index (Phi) is 5.93. The summed E-state index contributed by atoms with van der Waals surface area (Å²) in [6.45, 7) is 4.73. The molecule has 4 heterocycles. The van der Waals surface area contributed by atoms with Crippen molar-refractivity contribution in [3.8, 4) is 17.7 Å². The van der Waals surface area contributed by atoms with Crippen LogP contribution < -0.4 is 4.90 Å². The Morgan fingerprint density at radius 1 is 1.28 bits per heavy atom. The fourth-order valence-corrected chi connectivity index (χ4v) is 3.48. The molecule has 3 aromatic rings. The molecule has 0 atom stereocenters. The summed E-state index contributed by atoms with van der Waals surface area (Å²) in [6, 6.07) is 5.43. The lowest BCUT2D eigenvalue weighted by molar-refractivity contribution is -0.134. The van der Waals surface area contributed by atoms with Gasteiger partial charge in [0.2, 0.25) is 11.6 Å². The van der Waals surface area contributed by atoms with Crippen molar-refractivity contribution in [1.82, 2.24) is 15.0 Å². The van der Waals surface area contributed by atoms with E-state index in [1.54, 1.807) is 24.0 Å². The third-order valence-corrected chi connectivity index (χ3v) is 5.17. The lowest BCUT2D eigenvalue weighted by Crippen LogP contribution is -2.50. The molecule has 11 heteroatoms. The van der Waals surface area contributed by atoms with Crippen LogP contribution in [0.15, 0.2) is 31.8 Å². The number of aryl methyl sites for hydroxylation is 2. The van der Waals surface area contributed by atoms with Crippen molar-refractivity contribution in [1.29, 1.82) is 5.26 Å². The van der Waals surface area contributed by atoms with Crippen LogP contribution in [0.2, 0.25) is 0 Å². The first-order chi connectivity index (χ1) is 15.5. The molecular weight excluding hydrogens is 418 g/mol.